The Balaban J connectivity index is 1.55. The van der Waals surface area contributed by atoms with E-state index in [0.717, 1.165) is 54.8 Å². The molecule has 1 aromatic carbocycles. The van der Waals surface area contributed by atoms with Crippen LogP contribution in [-0.2, 0) is 0 Å². The lowest BCUT2D eigenvalue weighted by Crippen LogP contribution is -2.41. The highest BCUT2D eigenvalue weighted by molar-refractivity contribution is 5.99. The van der Waals surface area contributed by atoms with Gasteiger partial charge in [0.1, 0.15) is 17.5 Å². The Labute approximate surface area is 155 Å². The molecule has 0 bridgehead atoms. The van der Waals surface area contributed by atoms with Crippen molar-refractivity contribution in [2.75, 3.05) is 26.7 Å². The summed E-state index contributed by atoms with van der Waals surface area (Å²) in [6.07, 6.45) is 2.43. The van der Waals surface area contributed by atoms with E-state index in [0.29, 0.717) is 6.04 Å². The molecule has 3 heterocycles. The standard InChI is InChI=1S/C21H29N3O2/c1-14(2)23-9-7-17(8-10-23)26-18-5-6-19-16(11-18)12-20-21(25)22(4)13-15(3)24(19)20/h5-6,11-12,14-15,17H,7-10,13H2,1-4H3/t15-/m1/s1. The van der Waals surface area contributed by atoms with Crippen LogP contribution in [0.15, 0.2) is 24.3 Å². The van der Waals surface area contributed by atoms with Gasteiger partial charge in [-0.15, -0.1) is 0 Å². The van der Waals surface area contributed by atoms with E-state index in [-0.39, 0.29) is 18.1 Å². The number of benzene rings is 1. The van der Waals surface area contributed by atoms with Crippen LogP contribution < -0.4 is 4.74 Å². The Hall–Kier alpha value is -2.01. The van der Waals surface area contributed by atoms with Crippen LogP contribution in [-0.4, -0.2) is 59.1 Å². The molecule has 1 saturated heterocycles. The Kier molecular flexibility index (Phi) is 4.43. The molecule has 0 N–H and O–H groups in total. The van der Waals surface area contributed by atoms with Crippen LogP contribution >= 0.6 is 0 Å². The fourth-order valence-electron chi connectivity index (χ4n) is 4.39. The number of carbonyl (C=O) groups is 1. The van der Waals surface area contributed by atoms with Gasteiger partial charge in [0.05, 0.1) is 0 Å². The molecule has 1 atom stereocenters. The SMILES string of the molecule is CC(C)N1CCC(Oc2ccc3c(c2)cc2n3[C@H](C)CN(C)C2=O)CC1. The number of nitrogens with zero attached hydrogens (tertiary/aromatic N) is 3. The van der Waals surface area contributed by atoms with Gasteiger partial charge in [-0.3, -0.25) is 4.79 Å². The Morgan fingerprint density at radius 2 is 1.88 bits per heavy atom. The van der Waals surface area contributed by atoms with Crippen LogP contribution in [0.2, 0.25) is 0 Å². The average molecular weight is 355 g/mol. The monoisotopic (exact) mass is 355 g/mol. The number of likely N-dealkylation sites (tertiary alicyclic amines) is 1. The number of piperidine rings is 1. The third-order valence-corrected chi connectivity index (χ3v) is 5.86. The summed E-state index contributed by atoms with van der Waals surface area (Å²) in [7, 11) is 1.87. The molecule has 26 heavy (non-hydrogen) atoms. The largest absolute Gasteiger partial charge is 0.490 e. The number of rotatable bonds is 3. The molecular weight excluding hydrogens is 326 g/mol. The van der Waals surface area contributed by atoms with Crippen molar-refractivity contribution in [3.8, 4) is 5.75 Å². The first-order valence-corrected chi connectivity index (χ1v) is 9.75. The number of hydrogen-bond donors (Lipinski definition) is 0. The summed E-state index contributed by atoms with van der Waals surface area (Å²) in [6.45, 7) is 9.63. The quantitative estimate of drug-likeness (QED) is 0.845. The lowest BCUT2D eigenvalue weighted by Gasteiger charge is -2.34. The van der Waals surface area contributed by atoms with Crippen molar-refractivity contribution in [3.05, 3.63) is 30.0 Å². The zero-order chi connectivity index (χ0) is 18.4. The van der Waals surface area contributed by atoms with E-state index in [4.69, 9.17) is 4.74 Å². The third-order valence-electron chi connectivity index (χ3n) is 5.86. The van der Waals surface area contributed by atoms with Crippen molar-refractivity contribution < 1.29 is 9.53 Å². The van der Waals surface area contributed by atoms with Gasteiger partial charge in [-0.25, -0.2) is 0 Å². The summed E-state index contributed by atoms with van der Waals surface area (Å²) >= 11 is 0. The summed E-state index contributed by atoms with van der Waals surface area (Å²) in [5.74, 6) is 1.01. The third kappa shape index (κ3) is 2.98. The first-order chi connectivity index (χ1) is 12.4. The molecule has 5 heteroatoms. The van der Waals surface area contributed by atoms with Crippen molar-refractivity contribution in [2.45, 2.75) is 51.8 Å². The number of amides is 1. The minimum absolute atomic E-state index is 0.0998. The minimum Gasteiger partial charge on any atom is -0.490 e. The first kappa shape index (κ1) is 17.4. The summed E-state index contributed by atoms with van der Waals surface area (Å²) in [4.78, 5) is 16.8. The van der Waals surface area contributed by atoms with Crippen LogP contribution in [0.5, 0.6) is 5.75 Å². The summed E-state index contributed by atoms with van der Waals surface area (Å²) in [6, 6.07) is 9.16. The van der Waals surface area contributed by atoms with E-state index in [9.17, 15) is 4.79 Å². The Morgan fingerprint density at radius 1 is 1.15 bits per heavy atom. The molecule has 0 radical (unpaired) electrons. The maximum Gasteiger partial charge on any atom is 0.270 e. The highest BCUT2D eigenvalue weighted by Crippen LogP contribution is 2.32. The van der Waals surface area contributed by atoms with Crippen LogP contribution in [0.1, 0.15) is 50.1 Å². The smallest absolute Gasteiger partial charge is 0.270 e. The maximum absolute atomic E-state index is 12.5. The van der Waals surface area contributed by atoms with Gasteiger partial charge in [0.15, 0.2) is 0 Å². The molecule has 0 spiro atoms. The number of likely N-dealkylation sites (N-methyl/N-ethyl adjacent to an activating group) is 1. The molecule has 2 aliphatic heterocycles. The zero-order valence-electron chi connectivity index (χ0n) is 16.2. The molecule has 1 aromatic heterocycles. The molecule has 4 rings (SSSR count). The summed E-state index contributed by atoms with van der Waals surface area (Å²) in [5.41, 5.74) is 1.90. The zero-order valence-corrected chi connectivity index (χ0v) is 16.2. The molecule has 1 amide bonds. The minimum atomic E-state index is 0.0998. The molecule has 2 aliphatic rings. The molecule has 140 valence electrons. The first-order valence-electron chi connectivity index (χ1n) is 9.75. The molecule has 0 saturated carbocycles. The Bertz CT molecular complexity index is 818. The molecule has 0 unspecified atom stereocenters. The normalized spacial score (nSPS) is 22.3. The van der Waals surface area contributed by atoms with Crippen molar-refractivity contribution in [2.24, 2.45) is 0 Å². The maximum atomic E-state index is 12.5. The second-order valence-corrected chi connectivity index (χ2v) is 8.10. The second kappa shape index (κ2) is 6.62. The topological polar surface area (TPSA) is 37.7 Å². The number of aromatic nitrogens is 1. The van der Waals surface area contributed by atoms with Crippen molar-refractivity contribution >= 4 is 16.8 Å². The number of ether oxygens (including phenoxy) is 1. The molecule has 2 aromatic rings. The summed E-state index contributed by atoms with van der Waals surface area (Å²) < 4.78 is 8.44. The fourth-order valence-corrected chi connectivity index (χ4v) is 4.39. The predicted octanol–water partition coefficient (Wildman–Crippen LogP) is 3.54. The van der Waals surface area contributed by atoms with Gasteiger partial charge in [-0.05, 0) is 57.9 Å². The average Bonchev–Trinajstić information content (AvgIpc) is 2.99. The van der Waals surface area contributed by atoms with E-state index < -0.39 is 0 Å². The lowest BCUT2D eigenvalue weighted by atomic mass is 10.1. The highest BCUT2D eigenvalue weighted by Gasteiger charge is 2.28. The molecule has 1 fully saturated rings. The van der Waals surface area contributed by atoms with Gasteiger partial charge >= 0.3 is 0 Å². The van der Waals surface area contributed by atoms with E-state index >= 15 is 0 Å². The van der Waals surface area contributed by atoms with E-state index in [2.05, 4.69) is 48.4 Å². The second-order valence-electron chi connectivity index (χ2n) is 8.10. The van der Waals surface area contributed by atoms with Crippen molar-refractivity contribution in [3.63, 3.8) is 0 Å². The fraction of sp³-hybridized carbons (Fsp3) is 0.571. The van der Waals surface area contributed by atoms with E-state index in [1.165, 1.54) is 0 Å². The predicted molar refractivity (Wildman–Crippen MR) is 104 cm³/mol. The molecule has 0 aliphatic carbocycles. The van der Waals surface area contributed by atoms with Crippen LogP contribution in [0, 0.1) is 0 Å². The van der Waals surface area contributed by atoms with Crippen molar-refractivity contribution in [1.29, 1.82) is 0 Å². The number of hydrogen-bond acceptors (Lipinski definition) is 3. The number of carbonyl (C=O) groups excluding carboxylic acids is 1. The van der Waals surface area contributed by atoms with Gasteiger partial charge in [-0.2, -0.15) is 0 Å². The highest BCUT2D eigenvalue weighted by atomic mass is 16.5. The lowest BCUT2D eigenvalue weighted by molar-refractivity contribution is 0.0727. The van der Waals surface area contributed by atoms with Gasteiger partial charge in [-0.1, -0.05) is 0 Å². The number of fused-ring (bicyclic) bond motifs is 3. The van der Waals surface area contributed by atoms with E-state index in [1.54, 1.807) is 4.90 Å². The van der Waals surface area contributed by atoms with Gasteiger partial charge in [0, 0.05) is 49.7 Å². The summed E-state index contributed by atoms with van der Waals surface area (Å²) in [5, 5.41) is 1.09. The van der Waals surface area contributed by atoms with E-state index in [1.807, 2.05) is 13.1 Å². The van der Waals surface area contributed by atoms with Crippen LogP contribution in [0.4, 0.5) is 0 Å². The van der Waals surface area contributed by atoms with Gasteiger partial charge in [0.25, 0.3) is 5.91 Å². The van der Waals surface area contributed by atoms with Crippen LogP contribution in [0.3, 0.4) is 0 Å². The molecule has 5 nitrogen and oxygen atoms in total. The van der Waals surface area contributed by atoms with Gasteiger partial charge in [0.2, 0.25) is 0 Å². The van der Waals surface area contributed by atoms with Crippen molar-refractivity contribution in [1.82, 2.24) is 14.4 Å². The van der Waals surface area contributed by atoms with Gasteiger partial charge < -0.3 is 19.1 Å². The molecular formula is C21H29N3O2. The van der Waals surface area contributed by atoms with Crippen LogP contribution in [0.25, 0.3) is 10.9 Å². The Morgan fingerprint density at radius 3 is 2.58 bits per heavy atom.